The predicted molar refractivity (Wildman–Crippen MR) is 56.9 cm³/mol. The SMILES string of the molecule is O=[N+]([O-])c1cnn(CCC2CCCNC2)n1. The molecule has 16 heavy (non-hydrogen) atoms. The van der Waals surface area contributed by atoms with Crippen LogP contribution in [0.15, 0.2) is 6.20 Å². The molecule has 0 radical (unpaired) electrons. The minimum Gasteiger partial charge on any atom is -0.358 e. The Kier molecular flexibility index (Phi) is 3.45. The predicted octanol–water partition coefficient (Wildman–Crippen LogP) is 0.576. The van der Waals surface area contributed by atoms with Gasteiger partial charge < -0.3 is 15.4 Å². The van der Waals surface area contributed by atoms with Crippen LogP contribution in [0, 0.1) is 16.0 Å². The molecule has 1 aromatic heterocycles. The molecule has 1 fully saturated rings. The highest BCUT2D eigenvalue weighted by molar-refractivity contribution is 5.07. The van der Waals surface area contributed by atoms with Crippen molar-refractivity contribution in [3.63, 3.8) is 0 Å². The summed E-state index contributed by atoms with van der Waals surface area (Å²) in [6.45, 7) is 2.78. The van der Waals surface area contributed by atoms with Gasteiger partial charge in [-0.1, -0.05) is 4.80 Å². The summed E-state index contributed by atoms with van der Waals surface area (Å²) in [7, 11) is 0. The normalized spacial score (nSPS) is 20.9. The van der Waals surface area contributed by atoms with E-state index >= 15 is 0 Å². The molecule has 1 N–H and O–H groups in total. The maximum atomic E-state index is 10.4. The molecule has 0 amide bonds. The second-order valence-electron chi connectivity index (χ2n) is 4.06. The number of aryl methyl sites for hydroxylation is 1. The fourth-order valence-corrected chi connectivity index (χ4v) is 1.95. The number of hydrogen-bond donors (Lipinski definition) is 1. The first kappa shape index (κ1) is 11.0. The van der Waals surface area contributed by atoms with E-state index in [0.717, 1.165) is 19.5 Å². The monoisotopic (exact) mass is 225 g/mol. The molecule has 1 aromatic rings. The van der Waals surface area contributed by atoms with Gasteiger partial charge in [-0.05, 0) is 43.2 Å². The van der Waals surface area contributed by atoms with Crippen molar-refractivity contribution in [3.8, 4) is 0 Å². The maximum Gasteiger partial charge on any atom is 0.410 e. The molecule has 1 aliphatic heterocycles. The highest BCUT2D eigenvalue weighted by atomic mass is 16.6. The van der Waals surface area contributed by atoms with Gasteiger partial charge in [0, 0.05) is 0 Å². The Morgan fingerprint density at radius 2 is 2.56 bits per heavy atom. The van der Waals surface area contributed by atoms with Crippen LogP contribution < -0.4 is 5.32 Å². The van der Waals surface area contributed by atoms with Crippen molar-refractivity contribution in [3.05, 3.63) is 16.3 Å². The summed E-state index contributed by atoms with van der Waals surface area (Å²) in [6.07, 6.45) is 4.59. The zero-order valence-electron chi connectivity index (χ0n) is 9.00. The molecule has 1 aliphatic rings. The second-order valence-corrected chi connectivity index (χ2v) is 4.06. The van der Waals surface area contributed by atoms with Crippen molar-refractivity contribution in [2.24, 2.45) is 5.92 Å². The molecule has 1 atom stereocenters. The van der Waals surface area contributed by atoms with Crippen LogP contribution in [0.4, 0.5) is 5.82 Å². The number of aromatic nitrogens is 3. The number of hydrogen-bond acceptors (Lipinski definition) is 5. The third-order valence-electron chi connectivity index (χ3n) is 2.85. The van der Waals surface area contributed by atoms with Crippen LogP contribution >= 0.6 is 0 Å². The molecular weight excluding hydrogens is 210 g/mol. The minimum absolute atomic E-state index is 0.179. The summed E-state index contributed by atoms with van der Waals surface area (Å²) in [5.41, 5.74) is 0. The Labute approximate surface area is 93.0 Å². The Bertz CT molecular complexity index is 359. The summed E-state index contributed by atoms with van der Waals surface area (Å²) in [4.78, 5) is 11.3. The van der Waals surface area contributed by atoms with Crippen molar-refractivity contribution in [2.45, 2.75) is 25.8 Å². The molecular formula is C9H15N5O2. The molecule has 2 rings (SSSR count). The van der Waals surface area contributed by atoms with Gasteiger partial charge in [-0.3, -0.25) is 0 Å². The van der Waals surface area contributed by atoms with Gasteiger partial charge in [0.15, 0.2) is 6.20 Å². The van der Waals surface area contributed by atoms with Crippen molar-refractivity contribution in [2.75, 3.05) is 13.1 Å². The van der Waals surface area contributed by atoms with Gasteiger partial charge in [-0.15, -0.1) is 5.10 Å². The van der Waals surface area contributed by atoms with E-state index in [0.29, 0.717) is 12.5 Å². The average Bonchev–Trinajstić information content (AvgIpc) is 2.76. The lowest BCUT2D eigenvalue weighted by Gasteiger charge is -2.21. The van der Waals surface area contributed by atoms with Crippen molar-refractivity contribution < 1.29 is 4.92 Å². The second kappa shape index (κ2) is 5.02. The number of piperidine rings is 1. The van der Waals surface area contributed by atoms with Gasteiger partial charge in [0.1, 0.15) is 0 Å². The fourth-order valence-electron chi connectivity index (χ4n) is 1.95. The van der Waals surface area contributed by atoms with E-state index in [1.807, 2.05) is 0 Å². The molecule has 0 saturated carbocycles. The van der Waals surface area contributed by atoms with Gasteiger partial charge in [0.25, 0.3) is 0 Å². The molecule has 0 aliphatic carbocycles. The van der Waals surface area contributed by atoms with E-state index < -0.39 is 4.92 Å². The lowest BCUT2D eigenvalue weighted by atomic mass is 9.96. The van der Waals surface area contributed by atoms with E-state index in [-0.39, 0.29) is 5.82 Å². The maximum absolute atomic E-state index is 10.4. The topological polar surface area (TPSA) is 85.9 Å². The Balaban J connectivity index is 1.81. The van der Waals surface area contributed by atoms with Crippen LogP contribution in [0.3, 0.4) is 0 Å². The zero-order chi connectivity index (χ0) is 11.4. The fraction of sp³-hybridized carbons (Fsp3) is 0.778. The molecule has 1 saturated heterocycles. The zero-order valence-corrected chi connectivity index (χ0v) is 9.00. The summed E-state index contributed by atoms with van der Waals surface area (Å²) in [5, 5.41) is 21.4. The van der Waals surface area contributed by atoms with Crippen molar-refractivity contribution in [1.29, 1.82) is 0 Å². The molecule has 2 heterocycles. The summed E-state index contributed by atoms with van der Waals surface area (Å²) >= 11 is 0. The summed E-state index contributed by atoms with van der Waals surface area (Å²) < 4.78 is 0. The van der Waals surface area contributed by atoms with Crippen LogP contribution in [-0.2, 0) is 6.54 Å². The van der Waals surface area contributed by atoms with Crippen molar-refractivity contribution >= 4 is 5.82 Å². The first-order chi connectivity index (χ1) is 7.75. The van der Waals surface area contributed by atoms with E-state index in [1.165, 1.54) is 23.8 Å². The lowest BCUT2D eigenvalue weighted by Crippen LogP contribution is -2.30. The van der Waals surface area contributed by atoms with E-state index in [1.54, 1.807) is 0 Å². The Morgan fingerprint density at radius 3 is 3.19 bits per heavy atom. The van der Waals surface area contributed by atoms with Gasteiger partial charge in [-0.25, -0.2) is 0 Å². The number of rotatable bonds is 4. The first-order valence-electron chi connectivity index (χ1n) is 5.51. The third-order valence-corrected chi connectivity index (χ3v) is 2.85. The summed E-state index contributed by atoms with van der Waals surface area (Å²) in [6, 6.07) is 0. The minimum atomic E-state index is -0.522. The Hall–Kier alpha value is -1.50. The highest BCUT2D eigenvalue weighted by Crippen LogP contribution is 2.14. The number of nitro groups is 1. The Morgan fingerprint density at radius 1 is 1.69 bits per heavy atom. The molecule has 7 heteroatoms. The quantitative estimate of drug-likeness (QED) is 0.598. The summed E-state index contributed by atoms with van der Waals surface area (Å²) in [5.74, 6) is 0.459. The van der Waals surface area contributed by atoms with Crippen LogP contribution in [0.25, 0.3) is 0 Å². The first-order valence-corrected chi connectivity index (χ1v) is 5.51. The van der Waals surface area contributed by atoms with Crippen LogP contribution in [0.5, 0.6) is 0 Å². The highest BCUT2D eigenvalue weighted by Gasteiger charge is 2.16. The third kappa shape index (κ3) is 2.75. The lowest BCUT2D eigenvalue weighted by molar-refractivity contribution is -0.389. The smallest absolute Gasteiger partial charge is 0.358 e. The standard InChI is InChI=1S/C9H15N5O2/c15-14(16)9-7-11-13(12-9)5-3-8-2-1-4-10-6-8/h7-8,10H,1-6H2. The van der Waals surface area contributed by atoms with Gasteiger partial charge in [-0.2, -0.15) is 0 Å². The number of nitrogens with zero attached hydrogens (tertiary/aromatic N) is 4. The van der Waals surface area contributed by atoms with Crippen LogP contribution in [-0.4, -0.2) is 33.0 Å². The van der Waals surface area contributed by atoms with Gasteiger partial charge in [0.2, 0.25) is 0 Å². The van der Waals surface area contributed by atoms with E-state index in [4.69, 9.17) is 0 Å². The molecule has 7 nitrogen and oxygen atoms in total. The molecule has 0 bridgehead atoms. The molecule has 0 aromatic carbocycles. The number of nitrogens with one attached hydrogen (secondary N) is 1. The van der Waals surface area contributed by atoms with E-state index in [9.17, 15) is 10.1 Å². The van der Waals surface area contributed by atoms with Crippen molar-refractivity contribution in [1.82, 2.24) is 20.3 Å². The largest absolute Gasteiger partial charge is 0.410 e. The molecule has 88 valence electrons. The van der Waals surface area contributed by atoms with Gasteiger partial charge >= 0.3 is 5.82 Å². The molecule has 1 unspecified atom stereocenters. The molecule has 0 spiro atoms. The average molecular weight is 225 g/mol. The van der Waals surface area contributed by atoms with Crippen LogP contribution in [0.1, 0.15) is 19.3 Å². The van der Waals surface area contributed by atoms with Crippen LogP contribution in [0.2, 0.25) is 0 Å². The van der Waals surface area contributed by atoms with Gasteiger partial charge in [0.05, 0.1) is 11.6 Å². The van der Waals surface area contributed by atoms with E-state index in [2.05, 4.69) is 15.5 Å².